The zero-order valence-corrected chi connectivity index (χ0v) is 7.93. The lowest BCUT2D eigenvalue weighted by Gasteiger charge is -2.02. The minimum Gasteiger partial charge on any atom is -0.423 e. The first kappa shape index (κ1) is 10.2. The van der Waals surface area contributed by atoms with E-state index in [0.29, 0.717) is 4.47 Å². The molecule has 13 heavy (non-hydrogen) atoms. The van der Waals surface area contributed by atoms with Crippen LogP contribution in [-0.4, -0.2) is 22.1 Å². The Bertz CT molecular complexity index is 343. The Hall–Kier alpha value is -0.915. The molecule has 7 heteroatoms. The Morgan fingerprint density at radius 2 is 2.08 bits per heavy atom. The minimum absolute atomic E-state index is 0.132. The molecule has 0 amide bonds. The topological polar surface area (TPSA) is 83.6 Å². The van der Waals surface area contributed by atoms with Gasteiger partial charge in [-0.2, -0.15) is 0 Å². The van der Waals surface area contributed by atoms with Gasteiger partial charge in [-0.05, 0) is 6.07 Å². The van der Waals surface area contributed by atoms with Gasteiger partial charge in [0.1, 0.15) is 0 Å². The van der Waals surface area contributed by atoms with Crippen LogP contribution >= 0.6 is 15.9 Å². The van der Waals surface area contributed by atoms with Gasteiger partial charge in [0.15, 0.2) is 0 Å². The van der Waals surface area contributed by atoms with E-state index in [4.69, 9.17) is 10.0 Å². The molecule has 0 saturated heterocycles. The third kappa shape index (κ3) is 2.06. The highest BCUT2D eigenvalue weighted by atomic mass is 79.9. The molecule has 0 aliphatic carbocycles. The first-order valence-electron chi connectivity index (χ1n) is 3.33. The van der Waals surface area contributed by atoms with Crippen LogP contribution in [-0.2, 0) is 0 Å². The van der Waals surface area contributed by atoms with Gasteiger partial charge in [0.05, 0.1) is 10.4 Å². The summed E-state index contributed by atoms with van der Waals surface area (Å²) in [5, 5.41) is 28.2. The molecule has 5 nitrogen and oxygen atoms in total. The molecule has 0 atom stereocenters. The average molecular weight is 246 g/mol. The van der Waals surface area contributed by atoms with Crippen molar-refractivity contribution in [2.45, 2.75) is 0 Å². The lowest BCUT2D eigenvalue weighted by molar-refractivity contribution is -0.383. The smallest absolute Gasteiger partial charge is 0.423 e. The third-order valence-corrected chi connectivity index (χ3v) is 2.18. The second-order valence-electron chi connectivity index (χ2n) is 2.30. The Kier molecular flexibility index (Phi) is 3.02. The van der Waals surface area contributed by atoms with Gasteiger partial charge in [0.25, 0.3) is 5.69 Å². The van der Waals surface area contributed by atoms with Crippen LogP contribution in [0.3, 0.4) is 0 Å². The highest BCUT2D eigenvalue weighted by Gasteiger charge is 2.25. The van der Waals surface area contributed by atoms with Gasteiger partial charge >= 0.3 is 7.12 Å². The molecular formula is C6H5BBrNO4. The molecule has 2 N–H and O–H groups in total. The average Bonchev–Trinajstić information content (AvgIpc) is 2.02. The number of halogens is 1. The fraction of sp³-hybridized carbons (Fsp3) is 0. The van der Waals surface area contributed by atoms with E-state index >= 15 is 0 Å². The lowest BCUT2D eigenvalue weighted by atomic mass is 9.79. The van der Waals surface area contributed by atoms with Gasteiger partial charge in [-0.25, -0.2) is 0 Å². The maximum atomic E-state index is 10.4. The monoisotopic (exact) mass is 245 g/mol. The highest BCUT2D eigenvalue weighted by molar-refractivity contribution is 9.10. The zero-order chi connectivity index (χ0) is 10.0. The van der Waals surface area contributed by atoms with Gasteiger partial charge in [-0.3, -0.25) is 10.1 Å². The molecule has 0 bridgehead atoms. The van der Waals surface area contributed by atoms with Gasteiger partial charge in [0, 0.05) is 10.5 Å². The summed E-state index contributed by atoms with van der Waals surface area (Å²) in [6.07, 6.45) is 0. The fourth-order valence-electron chi connectivity index (χ4n) is 0.940. The summed E-state index contributed by atoms with van der Waals surface area (Å²) in [4.78, 5) is 9.77. The van der Waals surface area contributed by atoms with Crippen LogP contribution in [0.5, 0.6) is 0 Å². The summed E-state index contributed by atoms with van der Waals surface area (Å²) < 4.78 is 0.303. The predicted molar refractivity (Wildman–Crippen MR) is 50.6 cm³/mol. The van der Waals surface area contributed by atoms with E-state index < -0.39 is 12.0 Å². The van der Waals surface area contributed by atoms with Crippen molar-refractivity contribution in [3.05, 3.63) is 32.8 Å². The van der Waals surface area contributed by atoms with Gasteiger partial charge in [0.2, 0.25) is 0 Å². The largest absolute Gasteiger partial charge is 0.496 e. The molecule has 0 aliphatic heterocycles. The summed E-state index contributed by atoms with van der Waals surface area (Å²) in [5.74, 6) is 0. The molecule has 0 radical (unpaired) electrons. The Labute approximate surface area is 82.4 Å². The van der Waals surface area contributed by atoms with Crippen molar-refractivity contribution in [2.24, 2.45) is 0 Å². The first-order valence-corrected chi connectivity index (χ1v) is 4.12. The molecular weight excluding hydrogens is 241 g/mol. The predicted octanol–water partition coefficient (Wildman–Crippen LogP) is 0.0371. The number of hydrogen-bond acceptors (Lipinski definition) is 4. The molecule has 0 heterocycles. The summed E-state index contributed by atoms with van der Waals surface area (Å²) in [5.41, 5.74) is -0.447. The Morgan fingerprint density at radius 3 is 2.46 bits per heavy atom. The maximum absolute atomic E-state index is 10.4. The molecule has 0 unspecified atom stereocenters. The van der Waals surface area contributed by atoms with Crippen molar-refractivity contribution >= 4 is 34.2 Å². The quantitative estimate of drug-likeness (QED) is 0.438. The Balaban J connectivity index is 3.34. The van der Waals surface area contributed by atoms with Crippen LogP contribution in [0.15, 0.2) is 22.7 Å². The van der Waals surface area contributed by atoms with Crippen LogP contribution in [0.2, 0.25) is 0 Å². The number of hydrogen-bond donors (Lipinski definition) is 2. The van der Waals surface area contributed by atoms with Crippen LogP contribution in [0, 0.1) is 10.1 Å². The van der Waals surface area contributed by atoms with Crippen LogP contribution < -0.4 is 5.46 Å². The summed E-state index contributed by atoms with van der Waals surface area (Å²) in [7, 11) is -1.85. The molecule has 1 rings (SSSR count). The molecule has 0 aliphatic rings. The van der Waals surface area contributed by atoms with E-state index in [1.165, 1.54) is 18.2 Å². The Morgan fingerprint density at radius 1 is 1.46 bits per heavy atom. The third-order valence-electron chi connectivity index (χ3n) is 1.48. The summed E-state index contributed by atoms with van der Waals surface area (Å²) >= 11 is 2.99. The van der Waals surface area contributed by atoms with E-state index in [0.717, 1.165) is 0 Å². The summed E-state index contributed by atoms with van der Waals surface area (Å²) in [6.45, 7) is 0. The SMILES string of the molecule is O=[N+]([O-])c1cccc(Br)c1B(O)O. The molecule has 0 fully saturated rings. The van der Waals surface area contributed by atoms with Crippen molar-refractivity contribution in [3.63, 3.8) is 0 Å². The zero-order valence-electron chi connectivity index (χ0n) is 6.35. The van der Waals surface area contributed by atoms with Crippen LogP contribution in [0.4, 0.5) is 5.69 Å². The van der Waals surface area contributed by atoms with Crippen molar-refractivity contribution in [3.8, 4) is 0 Å². The van der Waals surface area contributed by atoms with Crippen molar-refractivity contribution in [2.75, 3.05) is 0 Å². The number of benzene rings is 1. The molecule has 1 aromatic rings. The number of rotatable bonds is 2. The first-order chi connectivity index (χ1) is 6.04. The molecule has 0 saturated carbocycles. The standard InChI is InChI=1S/C6H5BBrNO4/c8-4-2-1-3-5(9(12)13)6(4)7(10)11/h1-3,10-11H. The van der Waals surface area contributed by atoms with Crippen LogP contribution in [0.1, 0.15) is 0 Å². The van der Waals surface area contributed by atoms with Crippen molar-refractivity contribution < 1.29 is 15.0 Å². The molecule has 1 aromatic carbocycles. The fourth-order valence-corrected chi connectivity index (χ4v) is 1.50. The van der Waals surface area contributed by atoms with E-state index in [9.17, 15) is 10.1 Å². The summed E-state index contributed by atoms with van der Waals surface area (Å²) in [6, 6.07) is 4.16. The molecule has 0 aromatic heterocycles. The van der Waals surface area contributed by atoms with E-state index in [1.807, 2.05) is 0 Å². The van der Waals surface area contributed by atoms with E-state index in [1.54, 1.807) is 0 Å². The van der Waals surface area contributed by atoms with Gasteiger partial charge in [-0.15, -0.1) is 0 Å². The van der Waals surface area contributed by atoms with Gasteiger partial charge in [-0.1, -0.05) is 22.0 Å². The van der Waals surface area contributed by atoms with E-state index in [-0.39, 0.29) is 11.2 Å². The molecule has 0 spiro atoms. The van der Waals surface area contributed by atoms with Crippen molar-refractivity contribution in [1.82, 2.24) is 0 Å². The molecule has 68 valence electrons. The van der Waals surface area contributed by atoms with E-state index in [2.05, 4.69) is 15.9 Å². The minimum atomic E-state index is -1.85. The van der Waals surface area contributed by atoms with Crippen LogP contribution in [0.25, 0.3) is 0 Å². The number of nitrogens with zero attached hydrogens (tertiary/aromatic N) is 1. The maximum Gasteiger partial charge on any atom is 0.496 e. The lowest BCUT2D eigenvalue weighted by Crippen LogP contribution is -2.33. The second kappa shape index (κ2) is 3.86. The van der Waals surface area contributed by atoms with Gasteiger partial charge < -0.3 is 10.0 Å². The normalized spacial score (nSPS) is 9.77. The number of nitro groups is 1. The highest BCUT2D eigenvalue weighted by Crippen LogP contribution is 2.15. The second-order valence-corrected chi connectivity index (χ2v) is 3.16. The number of nitro benzene ring substituents is 1. The van der Waals surface area contributed by atoms with Crippen molar-refractivity contribution in [1.29, 1.82) is 0 Å².